The molecule has 1 aliphatic heterocycles. The second-order valence-corrected chi connectivity index (χ2v) is 8.31. The van der Waals surface area contributed by atoms with Crippen LogP contribution >= 0.6 is 11.6 Å². The van der Waals surface area contributed by atoms with Gasteiger partial charge in [0.15, 0.2) is 17.3 Å². The summed E-state index contributed by atoms with van der Waals surface area (Å²) >= 11 is 5.92. The van der Waals surface area contributed by atoms with Crippen LogP contribution in [0.15, 0.2) is 47.6 Å². The Balaban J connectivity index is 1.69. The maximum Gasteiger partial charge on any atom is 0.246 e. The van der Waals surface area contributed by atoms with Gasteiger partial charge in [-0.2, -0.15) is 5.10 Å². The van der Waals surface area contributed by atoms with Gasteiger partial charge < -0.3 is 9.47 Å². The van der Waals surface area contributed by atoms with Gasteiger partial charge in [0.1, 0.15) is 6.54 Å². The third kappa shape index (κ3) is 4.30. The van der Waals surface area contributed by atoms with E-state index < -0.39 is 0 Å². The third-order valence-corrected chi connectivity index (χ3v) is 6.31. The SMILES string of the molecule is COc1ccc(C2=NN(CC(=O)c3ccc(Cl)cc3)C(=O)[C@H]3CCCC[C@@H]23)cc1OC. The van der Waals surface area contributed by atoms with Crippen LogP contribution in [0.2, 0.25) is 5.02 Å². The van der Waals surface area contributed by atoms with E-state index in [0.29, 0.717) is 22.1 Å². The summed E-state index contributed by atoms with van der Waals surface area (Å²) < 4.78 is 10.8. The summed E-state index contributed by atoms with van der Waals surface area (Å²) in [6, 6.07) is 12.3. The summed E-state index contributed by atoms with van der Waals surface area (Å²) in [7, 11) is 3.18. The lowest BCUT2D eigenvalue weighted by Crippen LogP contribution is -2.47. The lowest BCUT2D eigenvalue weighted by atomic mass is 9.73. The van der Waals surface area contributed by atoms with Crippen molar-refractivity contribution in [1.29, 1.82) is 0 Å². The van der Waals surface area contributed by atoms with Gasteiger partial charge in [0, 0.05) is 28.0 Å². The fraction of sp³-hybridized carbons (Fsp3) is 0.375. The number of halogens is 1. The average Bonchev–Trinajstić information content (AvgIpc) is 2.80. The first kappa shape index (κ1) is 21.4. The van der Waals surface area contributed by atoms with Crippen molar-refractivity contribution in [1.82, 2.24) is 5.01 Å². The van der Waals surface area contributed by atoms with Crippen LogP contribution in [-0.4, -0.2) is 43.2 Å². The Morgan fingerprint density at radius 3 is 2.39 bits per heavy atom. The maximum atomic E-state index is 13.2. The van der Waals surface area contributed by atoms with E-state index in [9.17, 15) is 9.59 Å². The highest BCUT2D eigenvalue weighted by Crippen LogP contribution is 2.39. The Kier molecular flexibility index (Phi) is 6.28. The van der Waals surface area contributed by atoms with Crippen LogP contribution in [-0.2, 0) is 4.79 Å². The molecule has 1 fully saturated rings. The number of ketones is 1. The number of hydrogen-bond donors (Lipinski definition) is 0. The first-order valence-corrected chi connectivity index (χ1v) is 10.8. The molecule has 0 aromatic heterocycles. The smallest absolute Gasteiger partial charge is 0.246 e. The third-order valence-electron chi connectivity index (χ3n) is 6.06. The van der Waals surface area contributed by atoms with Crippen LogP contribution in [0.5, 0.6) is 11.5 Å². The van der Waals surface area contributed by atoms with E-state index in [4.69, 9.17) is 21.1 Å². The molecule has 0 unspecified atom stereocenters. The van der Waals surface area contributed by atoms with E-state index >= 15 is 0 Å². The van der Waals surface area contributed by atoms with Crippen molar-refractivity contribution in [3.8, 4) is 11.5 Å². The molecule has 1 amide bonds. The van der Waals surface area contributed by atoms with E-state index in [-0.39, 0.29) is 30.1 Å². The molecular weight excluding hydrogens is 416 g/mol. The first-order valence-electron chi connectivity index (χ1n) is 10.4. The van der Waals surface area contributed by atoms with Gasteiger partial charge in [-0.1, -0.05) is 24.4 Å². The van der Waals surface area contributed by atoms with Crippen LogP contribution in [0, 0.1) is 11.8 Å². The van der Waals surface area contributed by atoms with Crippen molar-refractivity contribution >= 4 is 29.0 Å². The number of fused-ring (bicyclic) bond motifs is 1. The molecule has 6 nitrogen and oxygen atoms in total. The Morgan fingerprint density at radius 2 is 1.71 bits per heavy atom. The number of carbonyl (C=O) groups is 2. The number of carbonyl (C=O) groups excluding carboxylic acids is 2. The van der Waals surface area contributed by atoms with Crippen molar-refractivity contribution in [2.45, 2.75) is 25.7 Å². The van der Waals surface area contributed by atoms with Crippen molar-refractivity contribution in [2.75, 3.05) is 20.8 Å². The molecule has 0 radical (unpaired) electrons. The molecule has 1 aliphatic carbocycles. The van der Waals surface area contributed by atoms with E-state index in [0.717, 1.165) is 37.0 Å². The monoisotopic (exact) mass is 440 g/mol. The highest BCUT2D eigenvalue weighted by molar-refractivity contribution is 6.30. The second kappa shape index (κ2) is 9.10. The van der Waals surface area contributed by atoms with Gasteiger partial charge >= 0.3 is 0 Å². The molecule has 31 heavy (non-hydrogen) atoms. The number of hydrogen-bond acceptors (Lipinski definition) is 5. The maximum absolute atomic E-state index is 13.2. The summed E-state index contributed by atoms with van der Waals surface area (Å²) in [5, 5.41) is 6.59. The lowest BCUT2D eigenvalue weighted by molar-refractivity contribution is -0.138. The molecule has 2 atom stereocenters. The lowest BCUT2D eigenvalue weighted by Gasteiger charge is -2.38. The summed E-state index contributed by atoms with van der Waals surface area (Å²) in [6.07, 6.45) is 3.78. The summed E-state index contributed by atoms with van der Waals surface area (Å²) in [5.74, 6) is 0.879. The Bertz CT molecular complexity index is 1020. The Morgan fingerprint density at radius 1 is 1.03 bits per heavy atom. The van der Waals surface area contributed by atoms with E-state index in [1.807, 2.05) is 18.2 Å². The molecular formula is C24H25ClN2O4. The van der Waals surface area contributed by atoms with Crippen LogP contribution in [0.3, 0.4) is 0 Å². The fourth-order valence-corrected chi connectivity index (χ4v) is 4.57. The predicted molar refractivity (Wildman–Crippen MR) is 119 cm³/mol. The Labute approximate surface area is 186 Å². The number of ether oxygens (including phenoxy) is 2. The summed E-state index contributed by atoms with van der Waals surface area (Å²) in [5.41, 5.74) is 2.21. The number of rotatable bonds is 6. The predicted octanol–water partition coefficient (Wildman–Crippen LogP) is 4.59. The average molecular weight is 441 g/mol. The van der Waals surface area contributed by atoms with Gasteiger partial charge in [0.25, 0.3) is 0 Å². The first-order chi connectivity index (χ1) is 15.0. The zero-order chi connectivity index (χ0) is 22.0. The van der Waals surface area contributed by atoms with Gasteiger partial charge in [0.2, 0.25) is 5.91 Å². The zero-order valence-electron chi connectivity index (χ0n) is 17.6. The highest BCUT2D eigenvalue weighted by atomic mass is 35.5. The number of amides is 1. The molecule has 162 valence electrons. The van der Waals surface area contributed by atoms with Gasteiger partial charge in [0.05, 0.1) is 19.9 Å². The fourth-order valence-electron chi connectivity index (χ4n) is 4.44. The van der Waals surface area contributed by atoms with Crippen LogP contribution < -0.4 is 9.47 Å². The number of Topliss-reactive ketones (excluding diaryl/α,β-unsaturated/α-hetero) is 1. The summed E-state index contributed by atoms with van der Waals surface area (Å²) in [6.45, 7) is -0.0968. The van der Waals surface area contributed by atoms with Gasteiger partial charge in [-0.15, -0.1) is 0 Å². The molecule has 0 N–H and O–H groups in total. The van der Waals surface area contributed by atoms with E-state index in [1.54, 1.807) is 38.5 Å². The zero-order valence-corrected chi connectivity index (χ0v) is 18.4. The quantitative estimate of drug-likeness (QED) is 0.616. The van der Waals surface area contributed by atoms with Crippen molar-refractivity contribution in [2.24, 2.45) is 16.9 Å². The highest BCUT2D eigenvalue weighted by Gasteiger charge is 2.41. The molecule has 0 spiro atoms. The number of benzene rings is 2. The number of hydrazone groups is 1. The normalized spacial score (nSPS) is 20.7. The molecule has 2 aliphatic rings. The molecule has 2 aromatic rings. The molecule has 1 heterocycles. The molecule has 7 heteroatoms. The topological polar surface area (TPSA) is 68.2 Å². The minimum absolute atomic E-state index is 0.0428. The van der Waals surface area contributed by atoms with Crippen LogP contribution in [0.25, 0.3) is 0 Å². The molecule has 2 aromatic carbocycles. The summed E-state index contributed by atoms with van der Waals surface area (Å²) in [4.78, 5) is 26.0. The van der Waals surface area contributed by atoms with Crippen LogP contribution in [0.1, 0.15) is 41.6 Å². The van der Waals surface area contributed by atoms with Crippen molar-refractivity contribution < 1.29 is 19.1 Å². The minimum atomic E-state index is -0.172. The van der Waals surface area contributed by atoms with Crippen molar-refractivity contribution in [3.63, 3.8) is 0 Å². The van der Waals surface area contributed by atoms with Gasteiger partial charge in [-0.3, -0.25) is 9.59 Å². The standard InChI is InChI=1S/C24H25ClN2O4/c1-30-21-12-9-16(13-22(21)31-2)23-18-5-3-4-6-19(18)24(29)27(26-23)14-20(28)15-7-10-17(25)11-8-15/h7-13,18-19H,3-6,14H2,1-2H3/t18-,19+/m1/s1. The minimum Gasteiger partial charge on any atom is -0.493 e. The second-order valence-electron chi connectivity index (χ2n) is 7.88. The number of nitrogens with zero attached hydrogens (tertiary/aromatic N) is 2. The molecule has 0 saturated heterocycles. The van der Waals surface area contributed by atoms with Gasteiger partial charge in [-0.25, -0.2) is 5.01 Å². The van der Waals surface area contributed by atoms with Crippen molar-refractivity contribution in [3.05, 3.63) is 58.6 Å². The van der Waals surface area contributed by atoms with Crippen LogP contribution in [0.4, 0.5) is 0 Å². The number of methoxy groups -OCH3 is 2. The molecule has 4 rings (SSSR count). The largest absolute Gasteiger partial charge is 0.493 e. The molecule has 0 bridgehead atoms. The van der Waals surface area contributed by atoms with E-state index in [2.05, 4.69) is 5.10 Å². The molecule has 1 saturated carbocycles. The Hall–Kier alpha value is -2.86. The van der Waals surface area contributed by atoms with E-state index in [1.165, 1.54) is 5.01 Å². The van der Waals surface area contributed by atoms with Gasteiger partial charge in [-0.05, 0) is 55.3 Å².